The molecule has 0 spiro atoms. The highest BCUT2D eigenvalue weighted by Crippen LogP contribution is 2.25. The molecule has 0 aliphatic heterocycles. The average molecular weight is 384 g/mol. The van der Waals surface area contributed by atoms with E-state index in [0.29, 0.717) is 12.3 Å². The maximum Gasteiger partial charge on any atom is 0.261 e. The van der Waals surface area contributed by atoms with Crippen LogP contribution in [0.1, 0.15) is 56.3 Å². The Morgan fingerprint density at radius 1 is 1.00 bits per heavy atom. The van der Waals surface area contributed by atoms with Crippen molar-refractivity contribution in [3.8, 4) is 11.5 Å². The van der Waals surface area contributed by atoms with Crippen LogP contribution >= 0.6 is 0 Å². The number of methoxy groups -OCH3 is 1. The molecule has 0 radical (unpaired) electrons. The fourth-order valence-electron chi connectivity index (χ4n) is 3.12. The minimum atomic E-state index is -0.519. The Bertz CT molecular complexity index is 768. The standard InChI is InChI=1S/C24H33NO3/c1-7-23(28-21-11-8-17(4)18(5)15-21)24(26)25-22(14-16(2)3)19-9-12-20(27-6)13-10-19/h8-13,15-16,22-23H,7,14H2,1-6H3,(H,25,26)/t22-,23-/m1/s1. The van der Waals surface area contributed by atoms with Gasteiger partial charge in [-0.25, -0.2) is 0 Å². The van der Waals surface area contributed by atoms with E-state index in [1.54, 1.807) is 7.11 Å². The van der Waals surface area contributed by atoms with Gasteiger partial charge in [-0.2, -0.15) is 0 Å². The van der Waals surface area contributed by atoms with E-state index < -0.39 is 6.10 Å². The maximum atomic E-state index is 13.0. The number of rotatable bonds is 9. The Kier molecular flexibility index (Phi) is 7.91. The highest BCUT2D eigenvalue weighted by Gasteiger charge is 2.23. The lowest BCUT2D eigenvalue weighted by Gasteiger charge is -2.25. The molecule has 0 unspecified atom stereocenters. The number of benzene rings is 2. The Morgan fingerprint density at radius 3 is 2.18 bits per heavy atom. The highest BCUT2D eigenvalue weighted by atomic mass is 16.5. The Balaban J connectivity index is 2.13. The van der Waals surface area contributed by atoms with Gasteiger partial charge in [0.1, 0.15) is 11.5 Å². The van der Waals surface area contributed by atoms with Crippen LogP contribution in [0.5, 0.6) is 11.5 Å². The number of amides is 1. The molecule has 4 heteroatoms. The van der Waals surface area contributed by atoms with Crippen LogP contribution in [-0.2, 0) is 4.79 Å². The largest absolute Gasteiger partial charge is 0.497 e. The van der Waals surface area contributed by atoms with E-state index in [1.807, 2.05) is 56.3 Å². The summed E-state index contributed by atoms with van der Waals surface area (Å²) in [6.07, 6.45) is 0.948. The van der Waals surface area contributed by atoms with Crippen LogP contribution in [0.25, 0.3) is 0 Å². The number of nitrogens with one attached hydrogen (secondary N) is 1. The smallest absolute Gasteiger partial charge is 0.261 e. The highest BCUT2D eigenvalue weighted by molar-refractivity contribution is 5.81. The van der Waals surface area contributed by atoms with Crippen molar-refractivity contribution in [1.82, 2.24) is 5.32 Å². The molecule has 2 aromatic carbocycles. The van der Waals surface area contributed by atoms with Crippen molar-refractivity contribution >= 4 is 5.91 Å². The monoisotopic (exact) mass is 383 g/mol. The van der Waals surface area contributed by atoms with Gasteiger partial charge >= 0.3 is 0 Å². The van der Waals surface area contributed by atoms with Crippen LogP contribution in [-0.4, -0.2) is 19.1 Å². The van der Waals surface area contributed by atoms with E-state index >= 15 is 0 Å². The third-order valence-corrected chi connectivity index (χ3v) is 4.96. The van der Waals surface area contributed by atoms with Gasteiger partial charge in [-0.1, -0.05) is 39.0 Å². The van der Waals surface area contributed by atoms with Gasteiger partial charge in [0.05, 0.1) is 13.2 Å². The Labute approximate surface area is 169 Å². The molecular formula is C24H33NO3. The topological polar surface area (TPSA) is 47.6 Å². The van der Waals surface area contributed by atoms with Gasteiger partial charge in [0.25, 0.3) is 5.91 Å². The third-order valence-electron chi connectivity index (χ3n) is 4.96. The molecule has 2 aromatic rings. The first-order valence-corrected chi connectivity index (χ1v) is 10.0. The first kappa shape index (κ1) is 21.8. The molecule has 0 fully saturated rings. The third kappa shape index (κ3) is 6.01. The van der Waals surface area contributed by atoms with Gasteiger partial charge in [-0.15, -0.1) is 0 Å². The average Bonchev–Trinajstić information content (AvgIpc) is 2.67. The number of hydrogen-bond acceptors (Lipinski definition) is 3. The summed E-state index contributed by atoms with van der Waals surface area (Å²) in [5.74, 6) is 1.91. The second-order valence-corrected chi connectivity index (χ2v) is 7.72. The number of aryl methyl sites for hydroxylation is 2. The predicted octanol–water partition coefficient (Wildman–Crippen LogP) is 5.37. The zero-order valence-corrected chi connectivity index (χ0v) is 17.9. The quantitative estimate of drug-likeness (QED) is 0.633. The van der Waals surface area contributed by atoms with Crippen LogP contribution in [0, 0.1) is 19.8 Å². The lowest BCUT2D eigenvalue weighted by Crippen LogP contribution is -2.40. The van der Waals surface area contributed by atoms with Crippen LogP contribution in [0.3, 0.4) is 0 Å². The molecular weight excluding hydrogens is 350 g/mol. The molecule has 0 aromatic heterocycles. The first-order valence-electron chi connectivity index (χ1n) is 10.0. The molecule has 2 atom stereocenters. The lowest BCUT2D eigenvalue weighted by atomic mass is 9.96. The van der Waals surface area contributed by atoms with Crippen molar-refractivity contribution in [2.75, 3.05) is 7.11 Å². The molecule has 0 heterocycles. The van der Waals surface area contributed by atoms with E-state index in [9.17, 15) is 4.79 Å². The van der Waals surface area contributed by atoms with E-state index in [-0.39, 0.29) is 11.9 Å². The van der Waals surface area contributed by atoms with Crippen molar-refractivity contribution in [2.45, 2.75) is 59.6 Å². The van der Waals surface area contributed by atoms with Crippen LogP contribution < -0.4 is 14.8 Å². The SMILES string of the molecule is CC[C@@H](Oc1ccc(C)c(C)c1)C(=O)N[C@H](CC(C)C)c1ccc(OC)cc1. The van der Waals surface area contributed by atoms with Crippen molar-refractivity contribution in [1.29, 1.82) is 0 Å². The summed E-state index contributed by atoms with van der Waals surface area (Å²) < 4.78 is 11.3. The second kappa shape index (κ2) is 10.2. The second-order valence-electron chi connectivity index (χ2n) is 7.72. The number of hydrogen-bond donors (Lipinski definition) is 1. The minimum absolute atomic E-state index is 0.0594. The van der Waals surface area contributed by atoms with E-state index in [0.717, 1.165) is 29.0 Å². The summed E-state index contributed by atoms with van der Waals surface area (Å²) in [5, 5.41) is 3.19. The molecule has 1 N–H and O–H groups in total. The van der Waals surface area contributed by atoms with Crippen molar-refractivity contribution in [3.63, 3.8) is 0 Å². The van der Waals surface area contributed by atoms with Crippen molar-refractivity contribution < 1.29 is 14.3 Å². The number of carbonyl (C=O) groups is 1. The van der Waals surface area contributed by atoms with E-state index in [1.165, 1.54) is 5.56 Å². The van der Waals surface area contributed by atoms with E-state index in [4.69, 9.17) is 9.47 Å². The molecule has 1 amide bonds. The summed E-state index contributed by atoms with van der Waals surface area (Å²) in [6.45, 7) is 10.4. The molecule has 2 rings (SSSR count). The zero-order chi connectivity index (χ0) is 20.7. The van der Waals surface area contributed by atoms with Crippen LogP contribution in [0.2, 0.25) is 0 Å². The fourth-order valence-corrected chi connectivity index (χ4v) is 3.12. The first-order chi connectivity index (χ1) is 13.3. The number of ether oxygens (including phenoxy) is 2. The minimum Gasteiger partial charge on any atom is -0.497 e. The van der Waals surface area contributed by atoms with Gasteiger partial charge in [-0.3, -0.25) is 4.79 Å². The summed E-state index contributed by atoms with van der Waals surface area (Å²) in [7, 11) is 1.65. The van der Waals surface area contributed by atoms with Gasteiger partial charge in [0.2, 0.25) is 0 Å². The normalized spacial score (nSPS) is 13.1. The Morgan fingerprint density at radius 2 is 1.64 bits per heavy atom. The number of carbonyl (C=O) groups excluding carboxylic acids is 1. The van der Waals surface area contributed by atoms with Crippen LogP contribution in [0.15, 0.2) is 42.5 Å². The summed E-state index contributed by atoms with van der Waals surface area (Å²) in [4.78, 5) is 13.0. The summed E-state index contributed by atoms with van der Waals surface area (Å²) in [6, 6.07) is 13.8. The van der Waals surface area contributed by atoms with Gasteiger partial charge in [-0.05, 0) is 73.6 Å². The lowest BCUT2D eigenvalue weighted by molar-refractivity contribution is -0.129. The Hall–Kier alpha value is -2.49. The molecule has 4 nitrogen and oxygen atoms in total. The summed E-state index contributed by atoms with van der Waals surface area (Å²) >= 11 is 0. The van der Waals surface area contributed by atoms with Gasteiger partial charge < -0.3 is 14.8 Å². The molecule has 0 saturated carbocycles. The summed E-state index contributed by atoms with van der Waals surface area (Å²) in [5.41, 5.74) is 3.44. The molecule has 0 aliphatic rings. The molecule has 28 heavy (non-hydrogen) atoms. The molecule has 0 bridgehead atoms. The molecule has 0 saturated heterocycles. The van der Waals surface area contributed by atoms with Crippen LogP contribution in [0.4, 0.5) is 0 Å². The predicted molar refractivity (Wildman–Crippen MR) is 114 cm³/mol. The van der Waals surface area contributed by atoms with Crippen molar-refractivity contribution in [2.24, 2.45) is 5.92 Å². The molecule has 0 aliphatic carbocycles. The van der Waals surface area contributed by atoms with Gasteiger partial charge in [0.15, 0.2) is 6.10 Å². The van der Waals surface area contributed by atoms with Crippen molar-refractivity contribution in [3.05, 3.63) is 59.2 Å². The van der Waals surface area contributed by atoms with Gasteiger partial charge in [0, 0.05) is 0 Å². The molecule has 152 valence electrons. The maximum absolute atomic E-state index is 13.0. The fraction of sp³-hybridized carbons (Fsp3) is 0.458. The zero-order valence-electron chi connectivity index (χ0n) is 17.9. The van der Waals surface area contributed by atoms with E-state index in [2.05, 4.69) is 26.1 Å².